The summed E-state index contributed by atoms with van der Waals surface area (Å²) in [5.41, 5.74) is 0.375. The Morgan fingerprint density at radius 3 is 2.38 bits per heavy atom. The van der Waals surface area contributed by atoms with Crippen molar-refractivity contribution in [3.8, 4) is 11.5 Å². The summed E-state index contributed by atoms with van der Waals surface area (Å²) in [6.07, 6.45) is -0.771. The number of alkyl halides is 3. The highest BCUT2D eigenvalue weighted by molar-refractivity contribution is 6.68. The van der Waals surface area contributed by atoms with Crippen LogP contribution < -0.4 is 14.8 Å². The number of halogens is 3. The van der Waals surface area contributed by atoms with Crippen molar-refractivity contribution < 1.29 is 19.0 Å². The van der Waals surface area contributed by atoms with E-state index in [1.54, 1.807) is 18.2 Å². The van der Waals surface area contributed by atoms with Gasteiger partial charge in [-0.2, -0.15) is 0 Å². The Bertz CT molecular complexity index is 574. The summed E-state index contributed by atoms with van der Waals surface area (Å²) in [5, 5.41) is 2.77. The molecule has 1 fully saturated rings. The molecular formula is C15H19Cl3N2O4. The Hall–Kier alpha value is -0.920. The van der Waals surface area contributed by atoms with Crippen molar-refractivity contribution in [1.82, 2.24) is 10.2 Å². The second kappa shape index (κ2) is 8.45. The topological polar surface area (TPSA) is 60.0 Å². The lowest BCUT2D eigenvalue weighted by Crippen LogP contribution is -2.58. The predicted molar refractivity (Wildman–Crippen MR) is 93.5 cm³/mol. The smallest absolute Gasteiger partial charge is 0.252 e. The van der Waals surface area contributed by atoms with Gasteiger partial charge < -0.3 is 19.5 Å². The summed E-state index contributed by atoms with van der Waals surface area (Å²) in [5.74, 6) is 0.598. The van der Waals surface area contributed by atoms with Crippen LogP contribution in [-0.2, 0) is 4.74 Å². The molecule has 0 bridgehead atoms. The molecule has 0 radical (unpaired) electrons. The molecule has 1 N–H and O–H groups in total. The van der Waals surface area contributed by atoms with E-state index in [-0.39, 0.29) is 5.91 Å². The Labute approximate surface area is 155 Å². The van der Waals surface area contributed by atoms with E-state index in [9.17, 15) is 4.79 Å². The Morgan fingerprint density at radius 1 is 1.21 bits per heavy atom. The Morgan fingerprint density at radius 2 is 1.83 bits per heavy atom. The number of benzene rings is 1. The van der Waals surface area contributed by atoms with Crippen LogP contribution in [0.15, 0.2) is 18.2 Å². The quantitative estimate of drug-likeness (QED) is 0.774. The highest BCUT2D eigenvalue weighted by Gasteiger charge is 2.39. The molecule has 1 aliphatic heterocycles. The number of amides is 1. The predicted octanol–water partition coefficient (Wildman–Crippen LogP) is 2.46. The second-order valence-electron chi connectivity index (χ2n) is 5.14. The zero-order valence-corrected chi connectivity index (χ0v) is 15.6. The van der Waals surface area contributed by atoms with Crippen molar-refractivity contribution in [2.45, 2.75) is 9.96 Å². The van der Waals surface area contributed by atoms with Crippen LogP contribution in [0.3, 0.4) is 0 Å². The molecule has 1 amide bonds. The fourth-order valence-electron chi connectivity index (χ4n) is 2.40. The van der Waals surface area contributed by atoms with Crippen LogP contribution in [0, 0.1) is 0 Å². The molecular weight excluding hydrogens is 379 g/mol. The van der Waals surface area contributed by atoms with Crippen molar-refractivity contribution in [3.63, 3.8) is 0 Å². The number of hydrogen-bond acceptors (Lipinski definition) is 5. The first kappa shape index (κ1) is 19.4. The first-order chi connectivity index (χ1) is 11.4. The summed E-state index contributed by atoms with van der Waals surface area (Å²) < 4.78 is 14.0. The molecule has 1 saturated heterocycles. The summed E-state index contributed by atoms with van der Waals surface area (Å²) >= 11 is 18.2. The minimum Gasteiger partial charge on any atom is -0.493 e. The third-order valence-corrected chi connectivity index (χ3v) is 4.25. The third kappa shape index (κ3) is 4.80. The molecule has 0 spiro atoms. The molecule has 1 heterocycles. The maximum atomic E-state index is 12.6. The monoisotopic (exact) mass is 396 g/mol. The van der Waals surface area contributed by atoms with E-state index in [1.165, 1.54) is 14.2 Å². The number of carbonyl (C=O) groups excluding carboxylic acids is 1. The van der Waals surface area contributed by atoms with Crippen LogP contribution >= 0.6 is 34.8 Å². The molecule has 9 heteroatoms. The number of hydrogen-bond donors (Lipinski definition) is 1. The number of nitrogens with one attached hydrogen (secondary N) is 1. The Balaban J connectivity index is 2.18. The van der Waals surface area contributed by atoms with E-state index >= 15 is 0 Å². The third-order valence-electron chi connectivity index (χ3n) is 3.63. The molecule has 6 nitrogen and oxygen atoms in total. The van der Waals surface area contributed by atoms with Gasteiger partial charge in [-0.15, -0.1) is 0 Å². The summed E-state index contributed by atoms with van der Waals surface area (Å²) in [7, 11) is 3.02. The van der Waals surface area contributed by atoms with Gasteiger partial charge in [-0.05, 0) is 18.2 Å². The molecule has 0 aliphatic carbocycles. The largest absolute Gasteiger partial charge is 0.493 e. The molecule has 1 aromatic rings. The number of nitrogens with zero attached hydrogens (tertiary/aromatic N) is 1. The van der Waals surface area contributed by atoms with Gasteiger partial charge >= 0.3 is 0 Å². The molecule has 1 atom stereocenters. The summed E-state index contributed by atoms with van der Waals surface area (Å²) in [6.45, 7) is 2.16. The molecule has 0 saturated carbocycles. The van der Waals surface area contributed by atoms with Gasteiger partial charge in [0.2, 0.25) is 3.79 Å². The average Bonchev–Trinajstić information content (AvgIpc) is 2.58. The van der Waals surface area contributed by atoms with E-state index in [1.807, 2.05) is 4.90 Å². The number of methoxy groups -OCH3 is 2. The first-order valence-corrected chi connectivity index (χ1v) is 8.41. The van der Waals surface area contributed by atoms with Crippen molar-refractivity contribution in [1.29, 1.82) is 0 Å². The maximum Gasteiger partial charge on any atom is 0.252 e. The van der Waals surface area contributed by atoms with Crippen molar-refractivity contribution in [2.75, 3.05) is 40.5 Å². The van der Waals surface area contributed by atoms with Gasteiger partial charge in [0.05, 0.1) is 27.4 Å². The second-order valence-corrected chi connectivity index (χ2v) is 7.50. The van der Waals surface area contributed by atoms with Crippen molar-refractivity contribution in [2.24, 2.45) is 0 Å². The first-order valence-electron chi connectivity index (χ1n) is 7.28. The molecule has 1 aromatic carbocycles. The van der Waals surface area contributed by atoms with Gasteiger partial charge in [0.25, 0.3) is 5.91 Å². The highest BCUT2D eigenvalue weighted by Crippen LogP contribution is 2.33. The zero-order chi connectivity index (χ0) is 17.7. The number of carbonyl (C=O) groups is 1. The molecule has 134 valence electrons. The molecule has 1 aliphatic rings. The van der Waals surface area contributed by atoms with Gasteiger partial charge in [0, 0.05) is 18.7 Å². The zero-order valence-electron chi connectivity index (χ0n) is 13.4. The fourth-order valence-corrected chi connectivity index (χ4v) is 2.98. The lowest BCUT2D eigenvalue weighted by Gasteiger charge is -2.38. The number of morpholine rings is 1. The standard InChI is InChI=1S/C15H19Cl3N2O4/c1-22-11-4-3-10(9-12(11)23-2)13(21)19-14(15(16,17)18)20-5-7-24-8-6-20/h3-4,9,14H,5-8H2,1-2H3,(H,19,21)/t14-/m0/s1. The summed E-state index contributed by atoms with van der Waals surface area (Å²) in [4.78, 5) is 14.4. The van der Waals surface area contributed by atoms with E-state index in [4.69, 9.17) is 49.0 Å². The van der Waals surface area contributed by atoms with Crippen LogP contribution in [0.1, 0.15) is 10.4 Å². The SMILES string of the molecule is COc1ccc(C(=O)N[C@@H](N2CCOCC2)C(Cl)(Cl)Cl)cc1OC. The molecule has 0 unspecified atom stereocenters. The molecule has 24 heavy (non-hydrogen) atoms. The van der Waals surface area contributed by atoms with Crippen LogP contribution in [0.2, 0.25) is 0 Å². The van der Waals surface area contributed by atoms with Gasteiger partial charge in [-0.1, -0.05) is 34.8 Å². The average molecular weight is 398 g/mol. The van der Waals surface area contributed by atoms with Crippen molar-refractivity contribution >= 4 is 40.7 Å². The van der Waals surface area contributed by atoms with Crippen LogP contribution in [-0.4, -0.2) is 61.3 Å². The normalized spacial score (nSPS) is 17.2. The number of ether oxygens (including phenoxy) is 3. The lowest BCUT2D eigenvalue weighted by atomic mass is 10.2. The van der Waals surface area contributed by atoms with E-state index in [0.717, 1.165) is 0 Å². The van der Waals surface area contributed by atoms with Gasteiger partial charge in [0.15, 0.2) is 11.5 Å². The van der Waals surface area contributed by atoms with Crippen LogP contribution in [0.5, 0.6) is 11.5 Å². The summed E-state index contributed by atoms with van der Waals surface area (Å²) in [6, 6.07) is 4.83. The van der Waals surface area contributed by atoms with Gasteiger partial charge in [0.1, 0.15) is 6.17 Å². The lowest BCUT2D eigenvalue weighted by molar-refractivity contribution is 0.00996. The van der Waals surface area contributed by atoms with E-state index in [0.29, 0.717) is 43.4 Å². The van der Waals surface area contributed by atoms with E-state index < -0.39 is 9.96 Å². The van der Waals surface area contributed by atoms with E-state index in [2.05, 4.69) is 5.32 Å². The maximum absolute atomic E-state index is 12.6. The molecule has 0 aromatic heterocycles. The van der Waals surface area contributed by atoms with Gasteiger partial charge in [-0.25, -0.2) is 0 Å². The Kier molecular flexibility index (Phi) is 6.83. The van der Waals surface area contributed by atoms with Crippen LogP contribution in [0.4, 0.5) is 0 Å². The fraction of sp³-hybridized carbons (Fsp3) is 0.533. The van der Waals surface area contributed by atoms with Gasteiger partial charge in [-0.3, -0.25) is 9.69 Å². The van der Waals surface area contributed by atoms with Crippen LogP contribution in [0.25, 0.3) is 0 Å². The minimum atomic E-state index is -1.68. The van der Waals surface area contributed by atoms with Crippen molar-refractivity contribution in [3.05, 3.63) is 23.8 Å². The number of rotatable bonds is 5. The molecule has 2 rings (SSSR count). The minimum absolute atomic E-state index is 0.375. The highest BCUT2D eigenvalue weighted by atomic mass is 35.6.